The number of hydrogen-bond donors (Lipinski definition) is 0. The molecule has 9 nitrogen and oxygen atoms in total. The van der Waals surface area contributed by atoms with Crippen molar-refractivity contribution >= 4 is 17.9 Å². The molecular formula is C30H30O9. The average molecular weight is 535 g/mol. The van der Waals surface area contributed by atoms with Crippen LogP contribution in [-0.4, -0.2) is 48.4 Å². The number of Topliss-reactive ketones (excluding diaryl/α,β-unsaturated/α-hetero) is 1. The molecule has 39 heavy (non-hydrogen) atoms. The third-order valence-electron chi connectivity index (χ3n) is 6.04. The maximum Gasteiger partial charge on any atom is 0.263 e. The zero-order valence-electron chi connectivity index (χ0n) is 22.9. The quantitative estimate of drug-likeness (QED) is 0.349. The highest BCUT2D eigenvalue weighted by Gasteiger charge is 2.29. The molecule has 0 amide bonds. The molecule has 9 heteroatoms. The second kappa shape index (κ2) is 11.7. The highest BCUT2D eigenvalue weighted by molar-refractivity contribution is 6.12. The maximum absolute atomic E-state index is 14.0. The molecule has 0 atom stereocenters. The number of rotatable bonds is 8. The average Bonchev–Trinajstić information content (AvgIpc) is 3.08. The summed E-state index contributed by atoms with van der Waals surface area (Å²) in [6.45, 7) is 1.92. The zero-order valence-corrected chi connectivity index (χ0v) is 22.9. The maximum atomic E-state index is 14.0. The van der Waals surface area contributed by atoms with Gasteiger partial charge in [0.25, 0.3) is 5.78 Å². The van der Waals surface area contributed by atoms with Gasteiger partial charge in [0.05, 0.1) is 53.8 Å². The highest BCUT2D eigenvalue weighted by Crippen LogP contribution is 2.41. The lowest BCUT2D eigenvalue weighted by Crippen LogP contribution is -2.12. The lowest BCUT2D eigenvalue weighted by atomic mass is 10.1. The summed E-state index contributed by atoms with van der Waals surface area (Å²) < 4.78 is 45.2. The summed E-state index contributed by atoms with van der Waals surface area (Å²) >= 11 is 0. The number of ketones is 1. The van der Waals surface area contributed by atoms with Crippen LogP contribution in [-0.2, 0) is 4.79 Å². The van der Waals surface area contributed by atoms with E-state index in [9.17, 15) is 4.79 Å². The van der Waals surface area contributed by atoms with Gasteiger partial charge in [-0.1, -0.05) is 6.07 Å². The van der Waals surface area contributed by atoms with Crippen LogP contribution in [0.5, 0.6) is 46.0 Å². The number of hydrogen-bond acceptors (Lipinski definition) is 9. The molecule has 3 aromatic rings. The monoisotopic (exact) mass is 534 g/mol. The number of fused-ring (bicyclic) bond motifs is 1. The fraction of sp³-hybridized carbons (Fsp3) is 0.233. The van der Waals surface area contributed by atoms with Gasteiger partial charge in [0.2, 0.25) is 0 Å². The third-order valence-corrected chi connectivity index (χ3v) is 6.04. The van der Waals surface area contributed by atoms with E-state index >= 15 is 0 Å². The molecule has 0 spiro atoms. The second-order valence-corrected chi connectivity index (χ2v) is 8.39. The molecule has 1 aliphatic rings. The van der Waals surface area contributed by atoms with E-state index in [2.05, 4.69) is 0 Å². The molecule has 0 saturated carbocycles. The van der Waals surface area contributed by atoms with Crippen molar-refractivity contribution < 1.29 is 42.7 Å². The van der Waals surface area contributed by atoms with Gasteiger partial charge in [0.15, 0.2) is 23.0 Å². The summed E-state index contributed by atoms with van der Waals surface area (Å²) in [6.07, 6.45) is 3.10. The molecule has 1 aliphatic heterocycles. The zero-order chi connectivity index (χ0) is 28.1. The normalized spacial score (nSPS) is 14.6. The van der Waals surface area contributed by atoms with E-state index in [1.165, 1.54) is 28.4 Å². The first-order chi connectivity index (χ1) is 18.8. The van der Waals surface area contributed by atoms with E-state index in [0.29, 0.717) is 57.1 Å². The molecule has 0 N–H and O–H groups in total. The Labute approximate surface area is 227 Å². The molecule has 0 unspecified atom stereocenters. The predicted molar refractivity (Wildman–Crippen MR) is 146 cm³/mol. The number of methoxy groups -OCH3 is 6. The first-order valence-corrected chi connectivity index (χ1v) is 11.9. The van der Waals surface area contributed by atoms with Crippen molar-refractivity contribution in [2.24, 2.45) is 0 Å². The minimum Gasteiger partial charge on any atom is -0.496 e. The summed E-state index contributed by atoms with van der Waals surface area (Å²) in [5, 5.41) is 0. The van der Waals surface area contributed by atoms with E-state index in [-0.39, 0.29) is 11.5 Å². The molecule has 0 radical (unpaired) electrons. The van der Waals surface area contributed by atoms with Crippen LogP contribution in [0.3, 0.4) is 0 Å². The van der Waals surface area contributed by atoms with Crippen LogP contribution >= 0.6 is 0 Å². The Morgan fingerprint density at radius 1 is 0.564 bits per heavy atom. The topological polar surface area (TPSA) is 90.9 Å². The molecule has 0 saturated heterocycles. The smallest absolute Gasteiger partial charge is 0.263 e. The van der Waals surface area contributed by atoms with Gasteiger partial charge in [0.1, 0.15) is 34.5 Å². The first kappa shape index (κ1) is 27.3. The van der Waals surface area contributed by atoms with Crippen LogP contribution in [0.25, 0.3) is 12.2 Å². The summed E-state index contributed by atoms with van der Waals surface area (Å²) in [4.78, 5) is 14.0. The Balaban J connectivity index is 1.95. The van der Waals surface area contributed by atoms with Gasteiger partial charge in [-0.3, -0.25) is 4.79 Å². The van der Waals surface area contributed by atoms with Gasteiger partial charge in [-0.2, -0.15) is 0 Å². The Morgan fingerprint density at radius 3 is 1.36 bits per heavy atom. The van der Waals surface area contributed by atoms with Crippen molar-refractivity contribution in [1.29, 1.82) is 0 Å². The van der Waals surface area contributed by atoms with Gasteiger partial charge in [-0.25, -0.2) is 0 Å². The molecule has 3 aromatic carbocycles. The van der Waals surface area contributed by atoms with Crippen molar-refractivity contribution in [3.8, 4) is 46.0 Å². The van der Waals surface area contributed by atoms with Gasteiger partial charge >= 0.3 is 0 Å². The summed E-state index contributed by atoms with van der Waals surface area (Å²) in [6, 6.07) is 12.1. The van der Waals surface area contributed by atoms with Gasteiger partial charge in [-0.05, 0) is 36.8 Å². The lowest BCUT2D eigenvalue weighted by molar-refractivity contribution is -0.115. The SMILES string of the molecule is COc1cc(OC)c(C=C2Oc3ccc(C)cc3OC(=Cc3c(OC)cc(OC)cc3OC)C2=O)c(OC)c1. The van der Waals surface area contributed by atoms with Crippen molar-refractivity contribution in [1.82, 2.24) is 0 Å². The Bertz CT molecular complexity index is 1400. The second-order valence-electron chi connectivity index (χ2n) is 8.39. The molecule has 4 rings (SSSR count). The Kier molecular flexibility index (Phi) is 8.19. The molecule has 0 aromatic heterocycles. The summed E-state index contributed by atoms with van der Waals surface area (Å²) in [7, 11) is 9.14. The van der Waals surface area contributed by atoms with E-state index in [1.54, 1.807) is 62.8 Å². The Hall–Kier alpha value is -4.79. The van der Waals surface area contributed by atoms with Crippen molar-refractivity contribution in [2.45, 2.75) is 6.92 Å². The minimum absolute atomic E-state index is 0.0150. The first-order valence-electron chi connectivity index (χ1n) is 11.9. The predicted octanol–water partition coefficient (Wildman–Crippen LogP) is 5.47. The van der Waals surface area contributed by atoms with Crippen molar-refractivity contribution in [2.75, 3.05) is 42.7 Å². The fourth-order valence-electron chi connectivity index (χ4n) is 4.03. The van der Waals surface area contributed by atoms with E-state index in [0.717, 1.165) is 5.56 Å². The van der Waals surface area contributed by atoms with E-state index in [4.69, 9.17) is 37.9 Å². The van der Waals surface area contributed by atoms with Crippen LogP contribution in [0.1, 0.15) is 16.7 Å². The van der Waals surface area contributed by atoms with E-state index in [1.807, 2.05) is 13.0 Å². The third kappa shape index (κ3) is 5.57. The summed E-state index contributed by atoms with van der Waals surface area (Å²) in [5.41, 5.74) is 1.90. The fourth-order valence-corrected chi connectivity index (χ4v) is 4.03. The van der Waals surface area contributed by atoms with Crippen LogP contribution in [0.2, 0.25) is 0 Å². The van der Waals surface area contributed by atoms with Gasteiger partial charge < -0.3 is 37.9 Å². The molecule has 1 heterocycles. The standard InChI is InChI=1S/C30H30O9/c1-17-8-9-22-27(10-17)39-29(16-21-25(36-6)13-19(33-3)14-26(21)37-7)30(31)28(38-22)15-20-23(34-4)11-18(32-2)12-24(20)35-5/h8-16H,1-7H3. The van der Waals surface area contributed by atoms with Crippen LogP contribution < -0.4 is 37.9 Å². The molecule has 0 bridgehead atoms. The van der Waals surface area contributed by atoms with Crippen molar-refractivity contribution in [3.63, 3.8) is 0 Å². The van der Waals surface area contributed by atoms with E-state index < -0.39 is 5.78 Å². The molecule has 0 fully saturated rings. The molecular weight excluding hydrogens is 504 g/mol. The Morgan fingerprint density at radius 2 is 0.974 bits per heavy atom. The minimum atomic E-state index is -0.524. The van der Waals surface area contributed by atoms with Crippen LogP contribution in [0.15, 0.2) is 54.0 Å². The lowest BCUT2D eigenvalue weighted by Gasteiger charge is -2.14. The number of aryl methyl sites for hydroxylation is 1. The highest BCUT2D eigenvalue weighted by atomic mass is 16.5. The van der Waals surface area contributed by atoms with Crippen molar-refractivity contribution in [3.05, 3.63) is 70.7 Å². The van der Waals surface area contributed by atoms with Gasteiger partial charge in [0, 0.05) is 24.3 Å². The van der Waals surface area contributed by atoms with Gasteiger partial charge in [-0.15, -0.1) is 0 Å². The molecule has 204 valence electrons. The number of carbonyl (C=O) groups is 1. The summed E-state index contributed by atoms with van der Waals surface area (Å²) in [5.74, 6) is 2.94. The number of benzene rings is 3. The number of ether oxygens (including phenoxy) is 8. The molecule has 0 aliphatic carbocycles. The number of carbonyl (C=O) groups excluding carboxylic acids is 1. The van der Waals surface area contributed by atoms with Crippen LogP contribution in [0, 0.1) is 6.92 Å². The van der Waals surface area contributed by atoms with Crippen LogP contribution in [0.4, 0.5) is 0 Å². The largest absolute Gasteiger partial charge is 0.496 e.